The van der Waals surface area contributed by atoms with Crippen molar-refractivity contribution < 1.29 is 0 Å². The zero-order chi connectivity index (χ0) is 11.0. The first-order valence-electron chi connectivity index (χ1n) is 4.06. The maximum absolute atomic E-state index is 4.48. The third-order valence-electron chi connectivity index (χ3n) is 1.14. The monoisotopic (exact) mass is 324 g/mol. The molecule has 0 N–H and O–H groups in total. The van der Waals surface area contributed by atoms with Crippen molar-refractivity contribution in [3.63, 3.8) is 0 Å². The SMILES string of the molecule is CC(S)SC(S)CSC(S)CSCS. The van der Waals surface area contributed by atoms with Crippen LogP contribution < -0.4 is 0 Å². The quantitative estimate of drug-likeness (QED) is 0.396. The summed E-state index contributed by atoms with van der Waals surface area (Å²) in [7, 11) is 0. The Morgan fingerprint density at radius 1 is 1.07 bits per heavy atom. The molecule has 0 aromatic heterocycles. The average molecular weight is 325 g/mol. The van der Waals surface area contributed by atoms with E-state index in [-0.39, 0.29) is 0 Å². The molecule has 3 atom stereocenters. The summed E-state index contributed by atoms with van der Waals surface area (Å²) in [6, 6.07) is 0. The van der Waals surface area contributed by atoms with E-state index in [4.69, 9.17) is 0 Å². The van der Waals surface area contributed by atoms with E-state index in [2.05, 4.69) is 57.4 Å². The van der Waals surface area contributed by atoms with E-state index in [9.17, 15) is 0 Å². The summed E-state index contributed by atoms with van der Waals surface area (Å²) in [5.74, 6) is 2.05. The summed E-state index contributed by atoms with van der Waals surface area (Å²) in [6.07, 6.45) is 0. The number of thioether (sulfide) groups is 3. The van der Waals surface area contributed by atoms with Crippen LogP contribution in [0.4, 0.5) is 0 Å². The first kappa shape index (κ1) is 16.4. The molecule has 0 nitrogen and oxygen atoms in total. The maximum atomic E-state index is 4.48. The van der Waals surface area contributed by atoms with Gasteiger partial charge in [-0.2, -0.15) is 50.5 Å². The molecule has 0 rings (SSSR count). The van der Waals surface area contributed by atoms with E-state index < -0.39 is 0 Å². The standard InChI is InChI=1S/C7H16S7/c1-5(9)14-7(11)3-13-6(10)2-12-4-8/h5-11H,2-4H2,1H3. The Balaban J connectivity index is 3.40. The third-order valence-corrected chi connectivity index (χ3v) is 6.85. The van der Waals surface area contributed by atoms with Crippen molar-refractivity contribution >= 4 is 85.8 Å². The lowest BCUT2D eigenvalue weighted by atomic mass is 10.9. The fourth-order valence-electron chi connectivity index (χ4n) is 0.662. The van der Waals surface area contributed by atoms with Crippen LogP contribution >= 0.6 is 85.8 Å². The van der Waals surface area contributed by atoms with Crippen molar-refractivity contribution in [2.75, 3.05) is 16.6 Å². The molecule has 86 valence electrons. The first-order chi connectivity index (χ1) is 6.56. The summed E-state index contributed by atoms with van der Waals surface area (Å²) < 4.78 is 1.09. The lowest BCUT2D eigenvalue weighted by molar-refractivity contribution is 1.36. The second-order valence-corrected chi connectivity index (χ2v) is 10.1. The lowest BCUT2D eigenvalue weighted by Gasteiger charge is -2.14. The van der Waals surface area contributed by atoms with Gasteiger partial charge in [0.2, 0.25) is 0 Å². The third kappa shape index (κ3) is 11.0. The van der Waals surface area contributed by atoms with Crippen molar-refractivity contribution in [2.45, 2.75) is 20.7 Å². The molecular formula is C7H16S7. The highest BCUT2D eigenvalue weighted by molar-refractivity contribution is 8.19. The fourth-order valence-corrected chi connectivity index (χ4v) is 5.46. The van der Waals surface area contributed by atoms with E-state index in [1.165, 1.54) is 0 Å². The van der Waals surface area contributed by atoms with E-state index in [1.54, 1.807) is 23.5 Å². The van der Waals surface area contributed by atoms with Crippen LogP contribution in [0.5, 0.6) is 0 Å². The van der Waals surface area contributed by atoms with E-state index >= 15 is 0 Å². The molecular weight excluding hydrogens is 309 g/mol. The second-order valence-electron chi connectivity index (χ2n) is 2.48. The van der Waals surface area contributed by atoms with Crippen molar-refractivity contribution in [2.24, 2.45) is 0 Å². The number of thiol groups is 4. The van der Waals surface area contributed by atoms with E-state index in [0.717, 1.165) is 16.6 Å². The topological polar surface area (TPSA) is 0 Å². The van der Waals surface area contributed by atoms with Crippen LogP contribution in [0.25, 0.3) is 0 Å². The molecule has 0 saturated heterocycles. The second kappa shape index (κ2) is 10.6. The van der Waals surface area contributed by atoms with Crippen LogP contribution in [0.2, 0.25) is 0 Å². The normalized spacial score (nSPS) is 17.8. The van der Waals surface area contributed by atoms with E-state index in [1.807, 2.05) is 11.8 Å². The molecule has 0 radical (unpaired) electrons. The first-order valence-corrected chi connectivity index (χ1v) is 9.39. The predicted molar refractivity (Wildman–Crippen MR) is 90.4 cm³/mol. The predicted octanol–water partition coefficient (Wildman–Crippen LogP) is 3.86. The Morgan fingerprint density at radius 2 is 1.71 bits per heavy atom. The Morgan fingerprint density at radius 3 is 2.21 bits per heavy atom. The minimum atomic E-state index is 0.350. The van der Waals surface area contributed by atoms with Gasteiger partial charge >= 0.3 is 0 Å². The van der Waals surface area contributed by atoms with Gasteiger partial charge in [-0.25, -0.2) is 0 Å². The molecule has 0 fully saturated rings. The molecule has 3 unspecified atom stereocenters. The van der Waals surface area contributed by atoms with Crippen LogP contribution in [0.1, 0.15) is 6.92 Å². The fraction of sp³-hybridized carbons (Fsp3) is 1.00. The molecule has 7 heteroatoms. The zero-order valence-corrected chi connectivity index (χ0v) is 13.9. The van der Waals surface area contributed by atoms with Gasteiger partial charge in [0.05, 0.1) is 9.16 Å². The molecule has 0 aliphatic rings. The highest BCUT2D eigenvalue weighted by atomic mass is 32.2. The van der Waals surface area contributed by atoms with Crippen LogP contribution in [0, 0.1) is 0 Å². The van der Waals surface area contributed by atoms with Gasteiger partial charge in [0, 0.05) is 21.2 Å². The summed E-state index contributed by atoms with van der Waals surface area (Å²) in [6.45, 7) is 2.07. The summed E-state index contributed by atoms with van der Waals surface area (Å²) >= 11 is 22.8. The summed E-state index contributed by atoms with van der Waals surface area (Å²) in [5, 5.41) is 0.865. The van der Waals surface area contributed by atoms with Crippen LogP contribution in [0.15, 0.2) is 0 Å². The van der Waals surface area contributed by atoms with Crippen molar-refractivity contribution in [3.8, 4) is 0 Å². The molecule has 14 heavy (non-hydrogen) atoms. The Labute approximate surface area is 122 Å². The van der Waals surface area contributed by atoms with Gasteiger partial charge in [-0.05, 0) is 6.92 Å². The minimum Gasteiger partial charge on any atom is -0.168 e. The van der Waals surface area contributed by atoms with Gasteiger partial charge in [-0.15, -0.1) is 35.3 Å². The molecule has 0 spiro atoms. The van der Waals surface area contributed by atoms with Gasteiger partial charge in [0.15, 0.2) is 0 Å². The molecule has 0 aliphatic heterocycles. The van der Waals surface area contributed by atoms with Crippen molar-refractivity contribution in [3.05, 3.63) is 0 Å². The Kier molecular flexibility index (Phi) is 12.4. The molecule has 0 saturated carbocycles. The van der Waals surface area contributed by atoms with Crippen molar-refractivity contribution in [1.82, 2.24) is 0 Å². The van der Waals surface area contributed by atoms with Gasteiger partial charge in [-0.3, -0.25) is 0 Å². The number of hydrogen-bond acceptors (Lipinski definition) is 7. The minimum absolute atomic E-state index is 0.350. The highest BCUT2D eigenvalue weighted by Gasteiger charge is 2.10. The molecule has 0 amide bonds. The van der Waals surface area contributed by atoms with Crippen molar-refractivity contribution in [1.29, 1.82) is 0 Å². The average Bonchev–Trinajstić information content (AvgIpc) is 2.10. The molecule has 0 bridgehead atoms. The molecule has 0 aliphatic carbocycles. The maximum Gasteiger partial charge on any atom is 0.0574 e. The highest BCUT2D eigenvalue weighted by Crippen LogP contribution is 2.29. The van der Waals surface area contributed by atoms with Gasteiger partial charge in [0.25, 0.3) is 0 Å². The zero-order valence-electron chi connectivity index (χ0n) is 7.87. The lowest BCUT2D eigenvalue weighted by Crippen LogP contribution is -2.05. The number of rotatable bonds is 8. The molecule has 0 heterocycles. The smallest absolute Gasteiger partial charge is 0.0574 e. The van der Waals surface area contributed by atoms with Gasteiger partial charge in [0.1, 0.15) is 0 Å². The van der Waals surface area contributed by atoms with Crippen LogP contribution in [-0.2, 0) is 0 Å². The van der Waals surface area contributed by atoms with Crippen LogP contribution in [0.3, 0.4) is 0 Å². The molecule has 0 aromatic rings. The van der Waals surface area contributed by atoms with E-state index in [0.29, 0.717) is 13.7 Å². The summed E-state index contributed by atoms with van der Waals surface area (Å²) in [5.41, 5.74) is 0. The van der Waals surface area contributed by atoms with Gasteiger partial charge in [-0.1, -0.05) is 0 Å². The van der Waals surface area contributed by atoms with Crippen LogP contribution in [-0.4, -0.2) is 30.3 Å². The summed E-state index contributed by atoms with van der Waals surface area (Å²) in [4.78, 5) is 0. The Hall–Kier alpha value is 2.45. The largest absolute Gasteiger partial charge is 0.168 e. The van der Waals surface area contributed by atoms with Gasteiger partial charge < -0.3 is 0 Å². The molecule has 0 aromatic carbocycles. The number of hydrogen-bond donors (Lipinski definition) is 4. The Bertz CT molecular complexity index is 129.